The van der Waals surface area contributed by atoms with Crippen molar-refractivity contribution in [3.63, 3.8) is 0 Å². The normalized spacial score (nSPS) is 12.0. The quantitative estimate of drug-likeness (QED) is 0.464. The maximum Gasteiger partial charge on any atom is 0.261 e. The summed E-state index contributed by atoms with van der Waals surface area (Å²) in [6.45, 7) is 9.97. The predicted molar refractivity (Wildman–Crippen MR) is 140 cm³/mol. The number of amides is 2. The molecule has 5 heteroatoms. The van der Waals surface area contributed by atoms with Gasteiger partial charge in [0.1, 0.15) is 11.8 Å². The molecule has 0 heterocycles. The summed E-state index contributed by atoms with van der Waals surface area (Å²) in [5.41, 5.74) is 3.62. The molecular weight excluding hydrogens is 436 g/mol. The average molecular weight is 473 g/mol. The fourth-order valence-corrected chi connectivity index (χ4v) is 3.97. The lowest BCUT2D eigenvalue weighted by molar-refractivity contribution is -0.143. The number of rotatable bonds is 9. The van der Waals surface area contributed by atoms with E-state index in [2.05, 4.69) is 5.32 Å². The maximum absolute atomic E-state index is 13.6. The fraction of sp³-hybridized carbons (Fsp3) is 0.333. The van der Waals surface area contributed by atoms with Crippen LogP contribution in [0.4, 0.5) is 0 Å². The first-order valence-corrected chi connectivity index (χ1v) is 12.0. The Morgan fingerprint density at radius 2 is 1.49 bits per heavy atom. The molecule has 0 aliphatic carbocycles. The summed E-state index contributed by atoms with van der Waals surface area (Å²) < 4.78 is 5.93. The molecule has 0 aliphatic rings. The van der Waals surface area contributed by atoms with Crippen molar-refractivity contribution in [2.75, 3.05) is 6.61 Å². The van der Waals surface area contributed by atoms with Gasteiger partial charge < -0.3 is 15.0 Å². The molecule has 1 atom stereocenters. The molecule has 1 N–H and O–H groups in total. The van der Waals surface area contributed by atoms with Crippen LogP contribution in [0.15, 0.2) is 78.9 Å². The van der Waals surface area contributed by atoms with Crippen LogP contribution < -0.4 is 10.1 Å². The van der Waals surface area contributed by atoms with Crippen LogP contribution in [0.25, 0.3) is 0 Å². The lowest BCUT2D eigenvalue weighted by Crippen LogP contribution is -2.55. The van der Waals surface area contributed by atoms with Crippen molar-refractivity contribution < 1.29 is 14.3 Å². The molecule has 0 bridgehead atoms. The number of hydrogen-bond acceptors (Lipinski definition) is 3. The van der Waals surface area contributed by atoms with E-state index in [1.165, 1.54) is 0 Å². The van der Waals surface area contributed by atoms with E-state index in [9.17, 15) is 9.59 Å². The van der Waals surface area contributed by atoms with E-state index in [0.29, 0.717) is 18.7 Å². The van der Waals surface area contributed by atoms with Gasteiger partial charge in [-0.05, 0) is 57.4 Å². The van der Waals surface area contributed by atoms with Crippen LogP contribution in [-0.4, -0.2) is 34.9 Å². The topological polar surface area (TPSA) is 58.6 Å². The van der Waals surface area contributed by atoms with Crippen LogP contribution in [-0.2, 0) is 22.6 Å². The first-order valence-electron chi connectivity index (χ1n) is 12.0. The van der Waals surface area contributed by atoms with Gasteiger partial charge in [-0.3, -0.25) is 9.59 Å². The molecule has 3 aromatic carbocycles. The number of nitrogens with one attached hydrogen (secondary N) is 1. The zero-order chi connectivity index (χ0) is 25.4. The first kappa shape index (κ1) is 26.0. The number of carbonyl (C=O) groups is 2. The highest BCUT2D eigenvalue weighted by atomic mass is 16.5. The van der Waals surface area contributed by atoms with Crippen LogP contribution >= 0.6 is 0 Å². The number of ether oxygens (including phenoxy) is 1. The molecule has 3 aromatic rings. The van der Waals surface area contributed by atoms with Gasteiger partial charge in [0.25, 0.3) is 5.91 Å². The minimum Gasteiger partial charge on any atom is -0.483 e. The van der Waals surface area contributed by atoms with Gasteiger partial charge in [-0.15, -0.1) is 0 Å². The molecule has 5 nitrogen and oxygen atoms in total. The van der Waals surface area contributed by atoms with Crippen LogP contribution in [0, 0.1) is 13.8 Å². The van der Waals surface area contributed by atoms with Gasteiger partial charge in [0.05, 0.1) is 0 Å². The molecule has 35 heavy (non-hydrogen) atoms. The third kappa shape index (κ3) is 7.99. The highest BCUT2D eigenvalue weighted by Gasteiger charge is 2.32. The molecule has 3 rings (SSSR count). The number of nitrogens with zero attached hydrogens (tertiary/aromatic N) is 1. The Kier molecular flexibility index (Phi) is 8.69. The van der Waals surface area contributed by atoms with Crippen LogP contribution in [0.3, 0.4) is 0 Å². The lowest BCUT2D eigenvalue weighted by Gasteiger charge is -2.33. The molecule has 0 radical (unpaired) electrons. The fourth-order valence-electron chi connectivity index (χ4n) is 3.97. The number of benzene rings is 3. The smallest absolute Gasteiger partial charge is 0.261 e. The molecule has 0 spiro atoms. The van der Waals surface area contributed by atoms with Crippen LogP contribution in [0.2, 0.25) is 0 Å². The van der Waals surface area contributed by atoms with E-state index in [0.717, 1.165) is 22.3 Å². The van der Waals surface area contributed by atoms with Crippen molar-refractivity contribution in [3.05, 3.63) is 101 Å². The van der Waals surface area contributed by atoms with Gasteiger partial charge in [0, 0.05) is 18.5 Å². The summed E-state index contributed by atoms with van der Waals surface area (Å²) in [5, 5.41) is 3.08. The molecule has 0 unspecified atom stereocenters. The molecular formula is C30H36N2O3. The zero-order valence-electron chi connectivity index (χ0n) is 21.4. The number of carbonyl (C=O) groups excluding carboxylic acids is 2. The number of aryl methyl sites for hydroxylation is 2. The summed E-state index contributed by atoms with van der Waals surface area (Å²) in [6, 6.07) is 24.7. The summed E-state index contributed by atoms with van der Waals surface area (Å²) >= 11 is 0. The minimum absolute atomic E-state index is 0.148. The van der Waals surface area contributed by atoms with E-state index < -0.39 is 11.6 Å². The third-order valence-corrected chi connectivity index (χ3v) is 5.65. The second-order valence-electron chi connectivity index (χ2n) is 10.0. The van der Waals surface area contributed by atoms with E-state index in [-0.39, 0.29) is 18.4 Å². The third-order valence-electron chi connectivity index (χ3n) is 5.65. The Balaban J connectivity index is 1.91. The van der Waals surface area contributed by atoms with Crippen molar-refractivity contribution in [2.24, 2.45) is 0 Å². The van der Waals surface area contributed by atoms with Gasteiger partial charge in [0.15, 0.2) is 6.61 Å². The monoisotopic (exact) mass is 472 g/mol. The van der Waals surface area contributed by atoms with Gasteiger partial charge in [0.2, 0.25) is 5.91 Å². The molecule has 2 amide bonds. The SMILES string of the molecule is Cc1ccc(OCC(=O)N(Cc2ccccc2)[C@H](Cc2ccccc2)C(=O)NC(C)(C)C)c(C)c1. The Bertz CT molecular complexity index is 1120. The van der Waals surface area contributed by atoms with Crippen molar-refractivity contribution in [1.82, 2.24) is 10.2 Å². The van der Waals surface area contributed by atoms with E-state index >= 15 is 0 Å². The highest BCUT2D eigenvalue weighted by Crippen LogP contribution is 2.20. The van der Waals surface area contributed by atoms with E-state index in [1.807, 2.05) is 113 Å². The average Bonchev–Trinajstić information content (AvgIpc) is 2.81. The largest absolute Gasteiger partial charge is 0.483 e. The van der Waals surface area contributed by atoms with Gasteiger partial charge in [-0.1, -0.05) is 78.4 Å². The standard InChI is InChI=1S/C30H36N2O3/c1-22-16-17-27(23(2)18-22)35-21-28(33)32(20-25-14-10-7-11-15-25)26(29(34)31-30(3,4)5)19-24-12-8-6-9-13-24/h6-18,26H,19-21H2,1-5H3,(H,31,34)/t26-/m1/s1. The number of hydrogen-bond donors (Lipinski definition) is 1. The van der Waals surface area contributed by atoms with Crippen LogP contribution in [0.1, 0.15) is 43.0 Å². The Labute approximate surface area is 209 Å². The molecule has 0 saturated heterocycles. The molecule has 184 valence electrons. The van der Waals surface area contributed by atoms with Gasteiger partial charge in [-0.2, -0.15) is 0 Å². The van der Waals surface area contributed by atoms with E-state index in [1.54, 1.807) is 4.90 Å². The Hall–Kier alpha value is -3.60. The second kappa shape index (κ2) is 11.7. The Morgan fingerprint density at radius 3 is 2.06 bits per heavy atom. The zero-order valence-corrected chi connectivity index (χ0v) is 21.4. The van der Waals surface area contributed by atoms with Crippen molar-refractivity contribution in [2.45, 2.75) is 59.2 Å². The predicted octanol–water partition coefficient (Wildman–Crippen LogP) is 5.24. The summed E-state index contributed by atoms with van der Waals surface area (Å²) in [4.78, 5) is 28.8. The van der Waals surface area contributed by atoms with Crippen molar-refractivity contribution in [3.8, 4) is 5.75 Å². The molecule has 0 aliphatic heterocycles. The Morgan fingerprint density at radius 1 is 0.886 bits per heavy atom. The van der Waals surface area contributed by atoms with Gasteiger partial charge in [-0.25, -0.2) is 0 Å². The van der Waals surface area contributed by atoms with Crippen molar-refractivity contribution >= 4 is 11.8 Å². The summed E-state index contributed by atoms with van der Waals surface area (Å²) in [7, 11) is 0. The van der Waals surface area contributed by atoms with Crippen LogP contribution in [0.5, 0.6) is 5.75 Å². The van der Waals surface area contributed by atoms with E-state index in [4.69, 9.17) is 4.74 Å². The van der Waals surface area contributed by atoms with Crippen molar-refractivity contribution in [1.29, 1.82) is 0 Å². The molecule has 0 aromatic heterocycles. The summed E-state index contributed by atoms with van der Waals surface area (Å²) in [5.74, 6) is 0.248. The highest BCUT2D eigenvalue weighted by molar-refractivity contribution is 5.89. The van der Waals surface area contributed by atoms with Gasteiger partial charge >= 0.3 is 0 Å². The maximum atomic E-state index is 13.6. The first-order chi connectivity index (χ1) is 16.6. The molecule has 0 saturated carbocycles. The second-order valence-corrected chi connectivity index (χ2v) is 10.0. The lowest BCUT2D eigenvalue weighted by atomic mass is 10.0. The molecule has 0 fully saturated rings. The minimum atomic E-state index is -0.688. The summed E-state index contributed by atoms with van der Waals surface area (Å²) in [6.07, 6.45) is 0.408.